The lowest BCUT2D eigenvalue weighted by molar-refractivity contribution is 0.0825. The van der Waals surface area contributed by atoms with Gasteiger partial charge in [0.2, 0.25) is 10.0 Å². The van der Waals surface area contributed by atoms with E-state index in [2.05, 4.69) is 29.5 Å². The number of sulfonamides is 1. The van der Waals surface area contributed by atoms with Crippen molar-refractivity contribution in [2.45, 2.75) is 38.8 Å². The molecule has 9 nitrogen and oxygen atoms in total. The molecule has 0 bridgehead atoms. The highest BCUT2D eigenvalue weighted by Gasteiger charge is 2.24. The second-order valence-electron chi connectivity index (χ2n) is 7.93. The number of halogens is 2. The van der Waals surface area contributed by atoms with Crippen LogP contribution in [0.25, 0.3) is 0 Å². The summed E-state index contributed by atoms with van der Waals surface area (Å²) in [6.07, 6.45) is 1.59. The van der Waals surface area contributed by atoms with Gasteiger partial charge in [-0.1, -0.05) is 13.8 Å². The van der Waals surface area contributed by atoms with Crippen molar-refractivity contribution in [2.24, 2.45) is 5.92 Å². The van der Waals surface area contributed by atoms with Gasteiger partial charge in [-0.3, -0.25) is 4.79 Å². The third-order valence-electron chi connectivity index (χ3n) is 4.42. The van der Waals surface area contributed by atoms with E-state index in [4.69, 9.17) is 4.42 Å². The van der Waals surface area contributed by atoms with Gasteiger partial charge in [0.15, 0.2) is 5.69 Å². The summed E-state index contributed by atoms with van der Waals surface area (Å²) in [7, 11) is -3.65. The van der Waals surface area contributed by atoms with Crippen LogP contribution >= 0.6 is 0 Å². The third kappa shape index (κ3) is 8.89. The molecule has 2 atom stereocenters. The fourth-order valence-electron chi connectivity index (χ4n) is 2.87. The molecule has 2 unspecified atom stereocenters. The first-order valence-corrected chi connectivity index (χ1v) is 11.9. The minimum absolute atomic E-state index is 0.0558. The second kappa shape index (κ2) is 11.3. The fourth-order valence-corrected chi connectivity index (χ4v) is 3.29. The van der Waals surface area contributed by atoms with Crippen molar-refractivity contribution in [1.29, 1.82) is 0 Å². The maximum Gasteiger partial charge on any atom is 0.309 e. The van der Waals surface area contributed by atoms with E-state index in [1.54, 1.807) is 0 Å². The van der Waals surface area contributed by atoms with Crippen LogP contribution in [0, 0.1) is 17.6 Å². The Balaban J connectivity index is 2.12. The van der Waals surface area contributed by atoms with Gasteiger partial charge in [-0.2, -0.15) is 4.98 Å². The lowest BCUT2D eigenvalue weighted by Crippen LogP contribution is -2.49. The number of nitrogens with one attached hydrogen (secondary N) is 3. The lowest BCUT2D eigenvalue weighted by Gasteiger charge is -2.24. The molecule has 0 aliphatic carbocycles. The van der Waals surface area contributed by atoms with Gasteiger partial charge in [0.05, 0.1) is 18.4 Å². The summed E-state index contributed by atoms with van der Waals surface area (Å²) >= 11 is 0. The molecular weight excluding hydrogens is 446 g/mol. The number of aliphatic hydroxyl groups excluding tert-OH is 1. The third-order valence-corrected chi connectivity index (χ3v) is 4.97. The number of nitrogens with zero attached hydrogens (tertiary/aromatic N) is 1. The van der Waals surface area contributed by atoms with Crippen molar-refractivity contribution >= 4 is 21.9 Å². The summed E-state index contributed by atoms with van der Waals surface area (Å²) in [5.74, 6) is -1.84. The highest BCUT2D eigenvalue weighted by Crippen LogP contribution is 2.14. The zero-order valence-corrected chi connectivity index (χ0v) is 18.9. The number of hydrogen-bond acceptors (Lipinski definition) is 7. The molecule has 0 radical (unpaired) electrons. The largest absolute Gasteiger partial charge is 0.431 e. The SMILES string of the molecule is CC(C)CCNCC(O)C(Cc1cc(F)cc(F)c1)NC(=O)c1coc(NS(C)(=O)=O)n1. The number of oxazole rings is 1. The van der Waals surface area contributed by atoms with Gasteiger partial charge in [-0.15, -0.1) is 0 Å². The highest BCUT2D eigenvalue weighted by molar-refractivity contribution is 7.91. The average Bonchev–Trinajstić information content (AvgIpc) is 3.10. The van der Waals surface area contributed by atoms with Crippen LogP contribution in [0.2, 0.25) is 0 Å². The number of hydrogen-bond donors (Lipinski definition) is 4. The summed E-state index contributed by atoms with van der Waals surface area (Å²) in [6.45, 7) is 4.90. The van der Waals surface area contributed by atoms with Crippen LogP contribution in [0.4, 0.5) is 14.8 Å². The Kier molecular flexibility index (Phi) is 9.10. The van der Waals surface area contributed by atoms with Crippen LogP contribution in [0.1, 0.15) is 36.3 Å². The zero-order valence-electron chi connectivity index (χ0n) is 18.1. The number of benzene rings is 1. The Hall–Kier alpha value is -2.57. The quantitative estimate of drug-likeness (QED) is 0.344. The number of aliphatic hydroxyl groups is 1. The minimum atomic E-state index is -3.65. The topological polar surface area (TPSA) is 134 Å². The number of carbonyl (C=O) groups is 1. The van der Waals surface area contributed by atoms with E-state index in [9.17, 15) is 27.1 Å². The molecule has 0 fully saturated rings. The van der Waals surface area contributed by atoms with Gasteiger partial charge in [0, 0.05) is 12.6 Å². The van der Waals surface area contributed by atoms with Crippen molar-refractivity contribution in [1.82, 2.24) is 15.6 Å². The van der Waals surface area contributed by atoms with Crippen LogP contribution in [0.3, 0.4) is 0 Å². The average molecular weight is 475 g/mol. The van der Waals surface area contributed by atoms with Gasteiger partial charge < -0.3 is 20.2 Å². The first-order chi connectivity index (χ1) is 14.9. The highest BCUT2D eigenvalue weighted by atomic mass is 32.2. The molecule has 1 amide bonds. The van der Waals surface area contributed by atoms with Gasteiger partial charge in [-0.25, -0.2) is 21.9 Å². The molecule has 1 aromatic heterocycles. The summed E-state index contributed by atoms with van der Waals surface area (Å²) in [5.41, 5.74) is 0.0140. The lowest BCUT2D eigenvalue weighted by atomic mass is 10.0. The Labute approximate surface area is 185 Å². The van der Waals surface area contributed by atoms with E-state index < -0.39 is 45.7 Å². The predicted molar refractivity (Wildman–Crippen MR) is 115 cm³/mol. The molecule has 2 rings (SSSR count). The number of anilines is 1. The van der Waals surface area contributed by atoms with Crippen molar-refractivity contribution in [3.8, 4) is 0 Å². The van der Waals surface area contributed by atoms with Gasteiger partial charge in [0.25, 0.3) is 5.91 Å². The monoisotopic (exact) mass is 474 g/mol. The van der Waals surface area contributed by atoms with Crippen LogP contribution < -0.4 is 15.4 Å². The van der Waals surface area contributed by atoms with Crippen LogP contribution in [-0.4, -0.2) is 55.9 Å². The first kappa shape index (κ1) is 25.7. The van der Waals surface area contributed by atoms with E-state index in [1.807, 2.05) is 4.72 Å². The molecule has 32 heavy (non-hydrogen) atoms. The Bertz CT molecular complexity index is 993. The number of aromatic nitrogens is 1. The smallest absolute Gasteiger partial charge is 0.309 e. The Morgan fingerprint density at radius 3 is 2.47 bits per heavy atom. The molecule has 2 aromatic rings. The predicted octanol–water partition coefficient (Wildman–Crippen LogP) is 1.66. The van der Waals surface area contributed by atoms with Crippen molar-refractivity contribution in [3.05, 3.63) is 47.4 Å². The maximum atomic E-state index is 13.6. The van der Waals surface area contributed by atoms with Crippen molar-refractivity contribution in [2.75, 3.05) is 24.1 Å². The molecular formula is C20H28F2N4O5S. The molecule has 0 aliphatic rings. The zero-order chi connectivity index (χ0) is 23.9. The maximum absolute atomic E-state index is 13.6. The fraction of sp³-hybridized carbons (Fsp3) is 0.500. The molecule has 0 spiro atoms. The van der Waals surface area contributed by atoms with Crippen LogP contribution in [-0.2, 0) is 16.4 Å². The Morgan fingerprint density at radius 2 is 1.88 bits per heavy atom. The molecule has 4 N–H and O–H groups in total. The first-order valence-electron chi connectivity index (χ1n) is 10.0. The van der Waals surface area contributed by atoms with E-state index in [-0.39, 0.29) is 24.2 Å². The Morgan fingerprint density at radius 1 is 1.22 bits per heavy atom. The van der Waals surface area contributed by atoms with Crippen molar-refractivity contribution in [3.63, 3.8) is 0 Å². The number of rotatable bonds is 12. The van der Waals surface area contributed by atoms with E-state index in [0.29, 0.717) is 12.5 Å². The van der Waals surface area contributed by atoms with E-state index in [0.717, 1.165) is 37.1 Å². The minimum Gasteiger partial charge on any atom is -0.431 e. The molecule has 0 aliphatic heterocycles. The second-order valence-corrected chi connectivity index (χ2v) is 9.68. The molecule has 0 saturated carbocycles. The van der Waals surface area contributed by atoms with Crippen LogP contribution in [0.15, 0.2) is 28.9 Å². The summed E-state index contributed by atoms with van der Waals surface area (Å²) in [4.78, 5) is 16.3. The van der Waals surface area contributed by atoms with Crippen LogP contribution in [0.5, 0.6) is 0 Å². The molecule has 178 valence electrons. The standard InChI is InChI=1S/C20H28F2N4O5S/c1-12(2)4-5-23-10-18(27)16(8-13-6-14(21)9-15(22)7-13)24-19(28)17-11-31-20(25-17)26-32(3,29)30/h6-7,9,11-12,16,18,23,27H,4-5,8,10H2,1-3H3,(H,24,28)(H,25,26). The van der Waals surface area contributed by atoms with Gasteiger partial charge >= 0.3 is 6.01 Å². The molecule has 0 saturated heterocycles. The normalized spacial score (nSPS) is 13.7. The van der Waals surface area contributed by atoms with Crippen molar-refractivity contribution < 1.29 is 31.5 Å². The number of amides is 1. The molecule has 12 heteroatoms. The van der Waals surface area contributed by atoms with E-state index >= 15 is 0 Å². The molecule has 1 aromatic carbocycles. The summed E-state index contributed by atoms with van der Waals surface area (Å²) in [6, 6.07) is 1.65. The van der Waals surface area contributed by atoms with Gasteiger partial charge in [-0.05, 0) is 43.0 Å². The molecule has 1 heterocycles. The summed E-state index contributed by atoms with van der Waals surface area (Å²) in [5, 5.41) is 16.3. The van der Waals surface area contributed by atoms with E-state index in [1.165, 1.54) is 0 Å². The van der Waals surface area contributed by atoms with Gasteiger partial charge in [0.1, 0.15) is 17.9 Å². The number of carbonyl (C=O) groups excluding carboxylic acids is 1. The summed E-state index contributed by atoms with van der Waals surface area (Å²) < 4.78 is 56.6.